The molecule has 5 saturated heterocycles. The zero-order valence-corrected chi connectivity index (χ0v) is 77.7. The van der Waals surface area contributed by atoms with Crippen molar-refractivity contribution in [3.05, 3.63) is 144 Å². The highest BCUT2D eigenvalue weighted by atomic mass is 35.5. The molecule has 1 aliphatic carbocycles. The molecule has 32 heteroatoms. The Morgan fingerprint density at radius 3 is 1.06 bits per heavy atom. The number of nitrogens with one attached hydrogen (secondary N) is 2. The van der Waals surface area contributed by atoms with Crippen LogP contribution in [0.15, 0.2) is 121 Å². The molecule has 6 aliphatic rings. The van der Waals surface area contributed by atoms with E-state index in [2.05, 4.69) is 59.2 Å². The van der Waals surface area contributed by atoms with Crippen LogP contribution in [0.3, 0.4) is 0 Å². The maximum Gasteiger partial charge on any atom is 0.411 e. The summed E-state index contributed by atoms with van der Waals surface area (Å²) in [6.07, 6.45) is 4.21. The van der Waals surface area contributed by atoms with E-state index in [1.54, 1.807) is 54.1 Å². The first-order chi connectivity index (χ1) is 58.1. The van der Waals surface area contributed by atoms with Gasteiger partial charge in [-0.2, -0.15) is 0 Å². The van der Waals surface area contributed by atoms with Crippen LogP contribution in [-0.4, -0.2) is 272 Å². The van der Waals surface area contributed by atoms with Crippen molar-refractivity contribution in [1.82, 2.24) is 25.3 Å². The number of benzene rings is 4. The van der Waals surface area contributed by atoms with Crippen molar-refractivity contribution in [2.75, 3.05) is 44.6 Å². The minimum absolute atomic E-state index is 0. The predicted molar refractivity (Wildman–Crippen MR) is 480 cm³/mol. The molecule has 1 saturated carbocycles. The highest BCUT2D eigenvalue weighted by Gasteiger charge is 2.51. The summed E-state index contributed by atoms with van der Waals surface area (Å²) in [6, 6.07) is 36.7. The van der Waals surface area contributed by atoms with Gasteiger partial charge in [0.1, 0.15) is 94.6 Å². The summed E-state index contributed by atoms with van der Waals surface area (Å²) in [5.41, 5.74) is 1.51. The molecule has 4 aromatic rings. The molecular weight excluding hydrogens is 1680 g/mol. The van der Waals surface area contributed by atoms with E-state index in [-0.39, 0.29) is 34.5 Å². The van der Waals surface area contributed by atoms with Crippen LogP contribution >= 0.6 is 46.7 Å². The number of carbonyl (C=O) groups excluding carboxylic acids is 6. The molecule has 8 unspecified atom stereocenters. The van der Waals surface area contributed by atoms with E-state index < -0.39 is 149 Å². The Bertz CT molecular complexity index is 3800. The molecule has 5 heterocycles. The number of carbonyl (C=O) groups is 7. The van der Waals surface area contributed by atoms with Gasteiger partial charge in [-0.05, 0) is 237 Å². The van der Waals surface area contributed by atoms with Gasteiger partial charge in [-0.15, -0.1) is 46.7 Å². The second kappa shape index (κ2) is 52.8. The molecule has 28 nitrogen and oxygen atoms in total. The highest BCUT2D eigenvalue weighted by Crippen LogP contribution is 2.38. The number of carboxylic acid groups (broad SMARTS) is 1. The molecule has 13 N–H and O–H groups in total. The third-order valence-electron chi connectivity index (χ3n) is 23.0. The first kappa shape index (κ1) is 108. The second-order valence-electron chi connectivity index (χ2n) is 35.9. The maximum atomic E-state index is 13.7. The Morgan fingerprint density at radius 2 is 0.750 bits per heavy atom. The lowest BCUT2D eigenvalue weighted by atomic mass is 9.78. The minimum Gasteiger partial charge on any atom is -0.480 e. The predicted octanol–water partition coefficient (Wildman–Crippen LogP) is 11.3. The first-order valence-corrected chi connectivity index (χ1v) is 46.7. The van der Waals surface area contributed by atoms with E-state index in [4.69, 9.17) is 51.6 Å². The Morgan fingerprint density at radius 1 is 0.452 bits per heavy atom. The number of alkyl halides is 2. The molecular formula is C92H141Cl2N5O23S2. The lowest BCUT2D eigenvalue weighted by molar-refractivity contribution is -0.211. The molecule has 10 rings (SSSR count). The summed E-state index contributed by atoms with van der Waals surface area (Å²) in [5, 5.41) is 98.3. The van der Waals surface area contributed by atoms with Gasteiger partial charge in [0.2, 0.25) is 11.8 Å². The standard InChI is InChI=1S/C28H44N2O8S.C24H37NO6S.C20H29NO4.C19H27NO4.CH2Cl2.H2O/c1-16(31)20(24-22(33)21(32)23(34)26(37-24)39-5)29-25(35)19-15-18(12-11-17-9-7-6-8-10-17)13-14-30(19)27(36)38-28(2,3)4;1-14(26)18(22-20(28)19(27)21(29)24(31-22)32-2)25-23(30)17-10-6-9-16(13-17)12-11-15-7-4-3-5-8-15;1-20(2,3)25-19(23)21-13-12-16(14-17(21)18(22)24-4)11-10-15-8-6-5-7-9-15;1-19(2,3)24-18(23)20-12-11-15(13-16(20)17(21)22)10-9-14-7-5-4-6-8-14;2-1-3;/h6-10,16,18-24,26,31-34H,11-15H2,1-5H3,(H,29,35);3-5,7-8,14,16-22,24,26-29H,6,9-13H2,1-2H3,(H,25,30);5-9,16-17H,10-14H2,1-4H3;4-8,15-16H,9-13H2,1-3H3,(H,21,22);1H2;1H2/t16-,18?,19?,20+,21-,22+,23+,24+,26+;14-,16?,17?,18+,19-,20+,21+,22+,24+;;;;/m00..../s1. The van der Waals surface area contributed by atoms with Gasteiger partial charge in [-0.3, -0.25) is 24.3 Å². The van der Waals surface area contributed by atoms with Crippen molar-refractivity contribution < 1.29 is 113 Å². The number of amides is 5. The van der Waals surface area contributed by atoms with Gasteiger partial charge in [0.25, 0.3) is 0 Å². The number of esters is 1. The van der Waals surface area contributed by atoms with E-state index in [1.807, 2.05) is 93.6 Å². The van der Waals surface area contributed by atoms with E-state index in [0.29, 0.717) is 56.7 Å². The van der Waals surface area contributed by atoms with Gasteiger partial charge in [-0.25, -0.2) is 24.0 Å². The number of thioether (sulfide) groups is 2. The molecule has 4 aromatic carbocycles. The van der Waals surface area contributed by atoms with Crippen molar-refractivity contribution in [3.8, 4) is 0 Å². The van der Waals surface area contributed by atoms with Gasteiger partial charge in [0.05, 0.1) is 36.7 Å². The van der Waals surface area contributed by atoms with Gasteiger partial charge >= 0.3 is 30.2 Å². The molecule has 5 aliphatic heterocycles. The quantitative estimate of drug-likeness (QED) is 0.0176. The number of aliphatic hydroxyl groups is 8. The number of ether oxygens (including phenoxy) is 6. The van der Waals surface area contributed by atoms with E-state index in [1.165, 1.54) is 69.7 Å². The van der Waals surface area contributed by atoms with Crippen LogP contribution in [0.1, 0.15) is 188 Å². The van der Waals surface area contributed by atoms with Crippen molar-refractivity contribution in [1.29, 1.82) is 0 Å². The largest absolute Gasteiger partial charge is 0.480 e. The number of piperidine rings is 3. The van der Waals surface area contributed by atoms with Gasteiger partial charge in [-0.1, -0.05) is 134 Å². The number of methoxy groups -OCH3 is 1. The van der Waals surface area contributed by atoms with Crippen LogP contribution in [0.5, 0.6) is 0 Å². The van der Waals surface area contributed by atoms with Crippen LogP contribution in [0.25, 0.3) is 0 Å². The fourth-order valence-electron chi connectivity index (χ4n) is 16.4. The highest BCUT2D eigenvalue weighted by molar-refractivity contribution is 7.99. The summed E-state index contributed by atoms with van der Waals surface area (Å²) >= 11 is 11.9. The lowest BCUT2D eigenvalue weighted by Crippen LogP contribution is -2.66. The molecule has 124 heavy (non-hydrogen) atoms. The first-order valence-electron chi connectivity index (χ1n) is 43.1. The third kappa shape index (κ3) is 35.1. The number of carboxylic acids is 1. The van der Waals surface area contributed by atoms with Gasteiger partial charge in [0.15, 0.2) is 0 Å². The zero-order chi connectivity index (χ0) is 91.1. The number of hydrogen-bond acceptors (Lipinski definition) is 23. The van der Waals surface area contributed by atoms with Crippen LogP contribution in [0, 0.1) is 29.6 Å². The normalized spacial score (nSPS) is 27.4. The fourth-order valence-corrected chi connectivity index (χ4v) is 17.8. The minimum atomic E-state index is -1.55. The van der Waals surface area contributed by atoms with Crippen molar-refractivity contribution in [3.63, 3.8) is 0 Å². The van der Waals surface area contributed by atoms with Crippen LogP contribution in [0.2, 0.25) is 0 Å². The maximum absolute atomic E-state index is 13.7. The number of rotatable bonds is 24. The van der Waals surface area contributed by atoms with Crippen LogP contribution < -0.4 is 10.6 Å². The smallest absolute Gasteiger partial charge is 0.411 e. The van der Waals surface area contributed by atoms with Crippen LogP contribution in [-0.2, 0) is 73.3 Å². The van der Waals surface area contributed by atoms with Gasteiger partial charge < -0.3 is 90.5 Å². The van der Waals surface area contributed by atoms with Gasteiger partial charge in [0, 0.05) is 25.6 Å². The monoisotopic (exact) mass is 1820 g/mol. The number of aliphatic hydroxyl groups excluding tert-OH is 8. The summed E-state index contributed by atoms with van der Waals surface area (Å²) in [6.45, 7) is 20.4. The number of hydrogen-bond donors (Lipinski definition) is 11. The third-order valence-corrected chi connectivity index (χ3v) is 24.7. The van der Waals surface area contributed by atoms with Crippen molar-refractivity contribution in [2.24, 2.45) is 29.6 Å². The summed E-state index contributed by atoms with van der Waals surface area (Å²) in [7, 11) is 1.36. The SMILES string of the molecule is CC(C)(C)OC(=O)N1CCC(CCc2ccccc2)CC1C(=O)O.COC(=O)C1CC(CCc2ccccc2)CCN1C(=O)OC(C)(C)C.CS[C@H]1O[C@H]([C@H](NC(=O)C2CC(CCc3ccccc3)CCN2C(=O)OC(C)(C)C)[C@H](C)O)[C@H](O)[C@H](O)[C@H]1O.CS[C@H]1O[C@H]([C@H](NC(=O)C2CCCC(CCc3ccccc3)C2)[C@H](C)O)[C@H](O)[C@H](O)[C@H]1O.ClCCl.O. The second-order valence-corrected chi connectivity index (χ2v) is 38.6. The molecule has 0 spiro atoms. The average Bonchev–Trinajstić information content (AvgIpc) is 0.792. The molecule has 0 aromatic heterocycles. The number of nitrogens with zero attached hydrogens (tertiary/aromatic N) is 3. The number of likely N-dealkylation sites (tertiary alicyclic amines) is 3. The van der Waals surface area contributed by atoms with Crippen molar-refractivity contribution in [2.45, 2.75) is 311 Å². The fraction of sp³-hybridized carbons (Fsp3) is 0.663. The molecule has 6 fully saturated rings. The summed E-state index contributed by atoms with van der Waals surface area (Å²) in [4.78, 5) is 92.7. The molecule has 0 bridgehead atoms. The van der Waals surface area contributed by atoms with E-state index >= 15 is 0 Å². The number of halogens is 2. The molecule has 0 radical (unpaired) electrons. The Balaban J connectivity index is 0.000000295. The number of aliphatic carboxylic acids is 1. The Labute approximate surface area is 751 Å². The zero-order valence-electron chi connectivity index (χ0n) is 74.6. The van der Waals surface area contributed by atoms with E-state index in [9.17, 15) is 79.5 Å². The molecule has 5 amide bonds. The Hall–Kier alpha value is -6.59. The summed E-state index contributed by atoms with van der Waals surface area (Å²) < 4.78 is 32.9. The lowest BCUT2D eigenvalue weighted by Gasteiger charge is -2.45. The number of aryl methyl sites for hydroxylation is 4. The Kier molecular flexibility index (Phi) is 45.9. The van der Waals surface area contributed by atoms with Crippen molar-refractivity contribution >= 4 is 88.8 Å². The van der Waals surface area contributed by atoms with E-state index in [0.717, 1.165) is 108 Å². The van der Waals surface area contributed by atoms with Crippen LogP contribution in [0.4, 0.5) is 14.4 Å². The molecule has 22 atom stereocenters. The average molecular weight is 1820 g/mol. The topological polar surface area (TPSA) is 422 Å². The summed E-state index contributed by atoms with van der Waals surface area (Å²) in [5.74, 6) is -0.782. The molecule has 698 valence electrons.